The minimum Gasteiger partial charge on any atom is -0.490 e. The molecule has 0 heterocycles. The van der Waals surface area contributed by atoms with Gasteiger partial charge in [-0.2, -0.15) is 0 Å². The van der Waals surface area contributed by atoms with Crippen LogP contribution in [0.25, 0.3) is 0 Å². The lowest BCUT2D eigenvalue weighted by Crippen LogP contribution is -2.16. The van der Waals surface area contributed by atoms with Crippen molar-refractivity contribution in [3.63, 3.8) is 0 Å². The van der Waals surface area contributed by atoms with Crippen LogP contribution >= 0.6 is 0 Å². The molecule has 0 bridgehead atoms. The van der Waals surface area contributed by atoms with Gasteiger partial charge in [-0.05, 0) is 48.9 Å². The maximum absolute atomic E-state index is 14.0. The maximum atomic E-state index is 14.0. The van der Waals surface area contributed by atoms with Crippen molar-refractivity contribution in [2.45, 2.75) is 20.0 Å². The number of nitrogens with one attached hydrogen (secondary N) is 2. The van der Waals surface area contributed by atoms with Crippen LogP contribution in [-0.2, 0) is 17.9 Å². The van der Waals surface area contributed by atoms with E-state index >= 15 is 0 Å². The Bertz CT molecular complexity index is 1150. The Morgan fingerprint density at radius 3 is 2.50 bits per heavy atom. The quantitative estimate of drug-likeness (QED) is 0.336. The van der Waals surface area contributed by atoms with E-state index in [9.17, 15) is 14.0 Å². The minimum atomic E-state index is -1.12. The van der Waals surface area contributed by atoms with Crippen molar-refractivity contribution in [1.29, 1.82) is 0 Å². The van der Waals surface area contributed by atoms with Crippen LogP contribution < -0.4 is 25.8 Å². The van der Waals surface area contributed by atoms with Gasteiger partial charge in [0.15, 0.2) is 18.1 Å². The van der Waals surface area contributed by atoms with Gasteiger partial charge in [-0.15, -0.1) is 0 Å². The van der Waals surface area contributed by atoms with Crippen molar-refractivity contribution in [2.75, 3.05) is 23.8 Å². The van der Waals surface area contributed by atoms with Gasteiger partial charge < -0.3 is 30.9 Å². The van der Waals surface area contributed by atoms with Crippen LogP contribution in [0.4, 0.5) is 15.8 Å². The number of amides is 1. The highest BCUT2D eigenvalue weighted by molar-refractivity contribution is 6.08. The second kappa shape index (κ2) is 11.7. The highest BCUT2D eigenvalue weighted by Crippen LogP contribution is 2.32. The van der Waals surface area contributed by atoms with E-state index in [1.165, 1.54) is 12.1 Å². The maximum Gasteiger partial charge on any atom is 0.341 e. The molecule has 3 aromatic carbocycles. The summed E-state index contributed by atoms with van der Waals surface area (Å²) in [4.78, 5) is 23.9. The summed E-state index contributed by atoms with van der Waals surface area (Å²) in [6, 6.07) is 16.1. The number of carboxylic acid groups (broad SMARTS) is 1. The molecule has 0 aliphatic carbocycles. The average molecular weight is 467 g/mol. The molecule has 0 unspecified atom stereocenters. The number of para-hydroxylation sites is 1. The molecule has 0 aliphatic heterocycles. The first-order valence-electron chi connectivity index (χ1n) is 10.6. The molecule has 0 spiro atoms. The molecule has 178 valence electrons. The van der Waals surface area contributed by atoms with E-state index in [0.717, 1.165) is 11.6 Å². The molecule has 9 heteroatoms. The van der Waals surface area contributed by atoms with Gasteiger partial charge in [0.2, 0.25) is 0 Å². The summed E-state index contributed by atoms with van der Waals surface area (Å²) in [6.07, 6.45) is 0. The van der Waals surface area contributed by atoms with Crippen LogP contribution in [0.15, 0.2) is 60.7 Å². The Kier molecular flexibility index (Phi) is 8.42. The number of carbonyl (C=O) groups excluding carboxylic acids is 1. The minimum absolute atomic E-state index is 0.108. The van der Waals surface area contributed by atoms with Crippen molar-refractivity contribution in [1.82, 2.24) is 0 Å². The first kappa shape index (κ1) is 24.5. The fourth-order valence-electron chi connectivity index (χ4n) is 3.24. The zero-order valence-corrected chi connectivity index (χ0v) is 18.6. The Labute approximate surface area is 196 Å². The molecule has 0 atom stereocenters. The first-order chi connectivity index (χ1) is 16.4. The third-order valence-electron chi connectivity index (χ3n) is 4.84. The Morgan fingerprint density at radius 1 is 1.06 bits per heavy atom. The van der Waals surface area contributed by atoms with Crippen LogP contribution in [0, 0.1) is 5.82 Å². The zero-order valence-electron chi connectivity index (χ0n) is 18.6. The Balaban J connectivity index is 1.82. The third kappa shape index (κ3) is 6.46. The molecular weight excluding hydrogens is 441 g/mol. The normalized spacial score (nSPS) is 10.4. The number of hydrogen-bond acceptors (Lipinski definition) is 6. The van der Waals surface area contributed by atoms with E-state index in [0.29, 0.717) is 35.8 Å². The van der Waals surface area contributed by atoms with E-state index in [1.807, 2.05) is 0 Å². The van der Waals surface area contributed by atoms with Crippen LogP contribution in [0.1, 0.15) is 28.4 Å². The number of nitrogens with two attached hydrogens (primary N) is 1. The van der Waals surface area contributed by atoms with Crippen molar-refractivity contribution in [3.8, 4) is 11.5 Å². The van der Waals surface area contributed by atoms with Crippen LogP contribution in [0.5, 0.6) is 11.5 Å². The Hall–Kier alpha value is -4.11. The second-order valence-electron chi connectivity index (χ2n) is 7.26. The number of rotatable bonds is 11. The number of aliphatic carboxylic acids is 1. The SMILES string of the molecule is CCOc1cccc(CNc2ccc(F)cc2C(=O)Nc2ccc(CN)cc2)c1OCC(=O)O. The first-order valence-corrected chi connectivity index (χ1v) is 10.6. The van der Waals surface area contributed by atoms with Crippen molar-refractivity contribution in [3.05, 3.63) is 83.2 Å². The highest BCUT2D eigenvalue weighted by atomic mass is 19.1. The summed E-state index contributed by atoms with van der Waals surface area (Å²) in [6.45, 7) is 2.19. The number of anilines is 2. The fourth-order valence-corrected chi connectivity index (χ4v) is 3.24. The smallest absolute Gasteiger partial charge is 0.341 e. The number of hydrogen-bond donors (Lipinski definition) is 4. The molecular formula is C25H26FN3O5. The summed E-state index contributed by atoms with van der Waals surface area (Å²) in [5.41, 5.74) is 8.17. The number of halogens is 1. The molecule has 0 aliphatic rings. The lowest BCUT2D eigenvalue weighted by atomic mass is 10.1. The molecule has 0 aromatic heterocycles. The summed E-state index contributed by atoms with van der Waals surface area (Å²) in [7, 11) is 0. The van der Waals surface area contributed by atoms with Gasteiger partial charge in [-0.3, -0.25) is 4.79 Å². The number of ether oxygens (including phenoxy) is 2. The van der Waals surface area contributed by atoms with Crippen LogP contribution in [-0.4, -0.2) is 30.2 Å². The molecule has 0 saturated heterocycles. The monoisotopic (exact) mass is 467 g/mol. The third-order valence-corrected chi connectivity index (χ3v) is 4.84. The summed E-state index contributed by atoms with van der Waals surface area (Å²) in [5.74, 6) is -1.48. The molecule has 8 nitrogen and oxygen atoms in total. The second-order valence-corrected chi connectivity index (χ2v) is 7.26. The molecule has 3 aromatic rings. The number of benzene rings is 3. The standard InChI is InChI=1S/C25H26FN3O5/c1-2-33-22-5-3-4-17(24(22)34-15-23(30)31)14-28-21-11-8-18(26)12-20(21)25(32)29-19-9-6-16(13-27)7-10-19/h3-12,28H,2,13-15,27H2,1H3,(H,29,32)(H,30,31). The molecule has 0 fully saturated rings. The lowest BCUT2D eigenvalue weighted by Gasteiger charge is -2.17. The summed E-state index contributed by atoms with van der Waals surface area (Å²) >= 11 is 0. The molecule has 3 rings (SSSR count). The van der Waals surface area contributed by atoms with Gasteiger partial charge in [0.05, 0.1) is 12.2 Å². The topological polar surface area (TPSA) is 123 Å². The average Bonchev–Trinajstić information content (AvgIpc) is 2.83. The molecule has 0 saturated carbocycles. The fraction of sp³-hybridized carbons (Fsp3) is 0.200. The predicted octanol–water partition coefficient (Wildman–Crippen LogP) is 4.01. The van der Waals surface area contributed by atoms with Crippen molar-refractivity contribution >= 4 is 23.3 Å². The van der Waals surface area contributed by atoms with E-state index < -0.39 is 24.3 Å². The van der Waals surface area contributed by atoms with Crippen molar-refractivity contribution in [2.24, 2.45) is 5.73 Å². The number of carbonyl (C=O) groups is 2. The van der Waals surface area contributed by atoms with E-state index in [4.69, 9.17) is 20.3 Å². The van der Waals surface area contributed by atoms with Gasteiger partial charge in [0, 0.05) is 30.0 Å². The summed E-state index contributed by atoms with van der Waals surface area (Å²) < 4.78 is 25.0. The van der Waals surface area contributed by atoms with E-state index in [1.54, 1.807) is 49.4 Å². The predicted molar refractivity (Wildman–Crippen MR) is 127 cm³/mol. The molecule has 1 amide bonds. The van der Waals surface area contributed by atoms with Crippen LogP contribution in [0.2, 0.25) is 0 Å². The largest absolute Gasteiger partial charge is 0.490 e. The number of carboxylic acids is 1. The van der Waals surface area contributed by atoms with Gasteiger partial charge in [0.1, 0.15) is 5.82 Å². The van der Waals surface area contributed by atoms with E-state index in [-0.39, 0.29) is 17.9 Å². The lowest BCUT2D eigenvalue weighted by molar-refractivity contribution is -0.139. The van der Waals surface area contributed by atoms with Crippen molar-refractivity contribution < 1.29 is 28.6 Å². The van der Waals surface area contributed by atoms with Gasteiger partial charge in [-0.25, -0.2) is 9.18 Å². The van der Waals surface area contributed by atoms with Crippen LogP contribution in [0.3, 0.4) is 0 Å². The van der Waals surface area contributed by atoms with Gasteiger partial charge in [0.25, 0.3) is 5.91 Å². The van der Waals surface area contributed by atoms with Gasteiger partial charge in [-0.1, -0.05) is 24.3 Å². The summed E-state index contributed by atoms with van der Waals surface area (Å²) in [5, 5.41) is 14.9. The molecule has 5 N–H and O–H groups in total. The molecule has 0 radical (unpaired) electrons. The zero-order chi connectivity index (χ0) is 24.5. The van der Waals surface area contributed by atoms with Gasteiger partial charge >= 0.3 is 5.97 Å². The molecule has 34 heavy (non-hydrogen) atoms. The Morgan fingerprint density at radius 2 is 1.82 bits per heavy atom. The van der Waals surface area contributed by atoms with E-state index in [2.05, 4.69) is 10.6 Å². The highest BCUT2D eigenvalue weighted by Gasteiger charge is 2.16.